The summed E-state index contributed by atoms with van der Waals surface area (Å²) in [5, 5.41) is 1.28. The third kappa shape index (κ3) is 7.23. The van der Waals surface area contributed by atoms with Gasteiger partial charge in [-0.05, 0) is 40.1 Å². The van der Waals surface area contributed by atoms with E-state index in [0.29, 0.717) is 21.0 Å². The molecule has 12 heteroatoms. The van der Waals surface area contributed by atoms with E-state index in [9.17, 15) is 23.7 Å². The van der Waals surface area contributed by atoms with Crippen LogP contribution in [0.25, 0.3) is 10.1 Å². The Kier molecular flexibility index (Phi) is 9.64. The maximum Gasteiger partial charge on any atom is 0.303 e. The minimum absolute atomic E-state index is 0.263. The largest absolute Gasteiger partial charge is 0.590 e. The van der Waals surface area contributed by atoms with E-state index in [2.05, 4.69) is 0 Å². The quantitative estimate of drug-likeness (QED) is 0.203. The zero-order valence-corrected chi connectivity index (χ0v) is 24.4. The van der Waals surface area contributed by atoms with Gasteiger partial charge in [0.2, 0.25) is 0 Å². The van der Waals surface area contributed by atoms with Crippen LogP contribution in [0.3, 0.4) is 0 Å². The van der Waals surface area contributed by atoms with Crippen molar-refractivity contribution in [3.05, 3.63) is 69.6 Å². The molecule has 2 unspecified atom stereocenters. The standard InChI is InChI=1S/C29H29ClO10S/c1-15(31)36-14-24-27(37-16(2)32)29(39-18(4)34)28(38-17(3)33)26(40-24)20-9-10-23(30)21(11-20)13-22-12-19-7-5-6-8-25(19)41(22)35/h5-12,24,26-29H,13-14H2,1-4H3/t24-,26?,27-,28-,29+,41?/m1/s1. The zero-order chi connectivity index (χ0) is 29.8. The first-order chi connectivity index (χ1) is 19.4. The van der Waals surface area contributed by atoms with Crippen molar-refractivity contribution in [1.29, 1.82) is 0 Å². The molecule has 4 rings (SSSR count). The van der Waals surface area contributed by atoms with Crippen molar-refractivity contribution in [2.75, 3.05) is 6.61 Å². The van der Waals surface area contributed by atoms with Gasteiger partial charge in [-0.25, -0.2) is 0 Å². The molecule has 0 saturated carbocycles. The Morgan fingerprint density at radius 3 is 2.12 bits per heavy atom. The van der Waals surface area contributed by atoms with Crippen molar-refractivity contribution in [1.82, 2.24) is 0 Å². The molecule has 0 spiro atoms. The molecule has 2 aromatic carbocycles. The Labute approximate surface area is 244 Å². The van der Waals surface area contributed by atoms with Crippen LogP contribution < -0.4 is 0 Å². The molecule has 0 aliphatic carbocycles. The number of halogens is 1. The van der Waals surface area contributed by atoms with E-state index in [-0.39, 0.29) is 13.0 Å². The van der Waals surface area contributed by atoms with Gasteiger partial charge < -0.3 is 28.2 Å². The molecule has 1 aliphatic heterocycles. The van der Waals surface area contributed by atoms with Crippen LogP contribution in [0, 0.1) is 0 Å². The maximum atomic E-state index is 13.1. The third-order valence-corrected chi connectivity index (χ3v) is 8.31. The topological polar surface area (TPSA) is 137 Å². The highest BCUT2D eigenvalue weighted by Gasteiger charge is 2.52. The molecule has 0 amide bonds. The zero-order valence-electron chi connectivity index (χ0n) is 22.8. The maximum absolute atomic E-state index is 13.1. The molecular formula is C29H29ClO10S. The minimum Gasteiger partial charge on any atom is -0.590 e. The molecule has 3 aromatic rings. The summed E-state index contributed by atoms with van der Waals surface area (Å²) in [6.45, 7) is 4.37. The number of carbonyl (C=O) groups is 4. The molecule has 218 valence electrons. The summed E-state index contributed by atoms with van der Waals surface area (Å²) < 4.78 is 41.8. The Hall–Kier alpha value is -3.51. The van der Waals surface area contributed by atoms with E-state index in [1.807, 2.05) is 30.3 Å². The van der Waals surface area contributed by atoms with Crippen LogP contribution in [0.15, 0.2) is 48.5 Å². The highest BCUT2D eigenvalue weighted by atomic mass is 35.5. The van der Waals surface area contributed by atoms with Crippen molar-refractivity contribution >= 4 is 56.3 Å². The smallest absolute Gasteiger partial charge is 0.303 e. The molecule has 41 heavy (non-hydrogen) atoms. The SMILES string of the molecule is CC(=O)OC[C@H]1OC(c2ccc(Cl)c(Cc3cc4ccccc4[s+]3[O-])c2)[C@@H](OC(C)=O)[C@@H](OC(C)=O)[C@@H]1OC(C)=O. The monoisotopic (exact) mass is 604 g/mol. The molecular weight excluding hydrogens is 576 g/mol. The van der Waals surface area contributed by atoms with Gasteiger partial charge in [0, 0.05) is 50.6 Å². The fourth-order valence-electron chi connectivity index (χ4n) is 4.84. The summed E-state index contributed by atoms with van der Waals surface area (Å²) in [6, 6.07) is 14.3. The van der Waals surface area contributed by atoms with E-state index >= 15 is 0 Å². The lowest BCUT2D eigenvalue weighted by Gasteiger charge is -2.44. The van der Waals surface area contributed by atoms with Crippen LogP contribution in [-0.2, 0) is 49.3 Å². The molecule has 0 N–H and O–H groups in total. The molecule has 6 atom stereocenters. The van der Waals surface area contributed by atoms with Gasteiger partial charge in [-0.1, -0.05) is 35.9 Å². The van der Waals surface area contributed by atoms with Crippen molar-refractivity contribution < 1.29 is 47.4 Å². The van der Waals surface area contributed by atoms with Gasteiger partial charge >= 0.3 is 23.9 Å². The van der Waals surface area contributed by atoms with Crippen LogP contribution in [0.2, 0.25) is 5.02 Å². The van der Waals surface area contributed by atoms with E-state index in [4.69, 9.17) is 35.3 Å². The summed E-state index contributed by atoms with van der Waals surface area (Å²) in [4.78, 5) is 48.6. The lowest BCUT2D eigenvalue weighted by molar-refractivity contribution is -0.254. The molecule has 2 heterocycles. The number of ether oxygens (including phenoxy) is 5. The highest BCUT2D eigenvalue weighted by Crippen LogP contribution is 2.40. The van der Waals surface area contributed by atoms with Crippen LogP contribution >= 0.6 is 22.4 Å². The average Bonchev–Trinajstić information content (AvgIpc) is 3.21. The molecule has 0 bridgehead atoms. The van der Waals surface area contributed by atoms with Gasteiger partial charge in [-0.3, -0.25) is 19.2 Å². The van der Waals surface area contributed by atoms with Crippen LogP contribution in [0.1, 0.15) is 49.8 Å². The van der Waals surface area contributed by atoms with Crippen molar-refractivity contribution in [2.24, 2.45) is 0 Å². The third-order valence-electron chi connectivity index (χ3n) is 6.43. The van der Waals surface area contributed by atoms with Gasteiger partial charge in [-0.2, -0.15) is 0 Å². The predicted octanol–water partition coefficient (Wildman–Crippen LogP) is 4.61. The summed E-state index contributed by atoms with van der Waals surface area (Å²) in [5.74, 6) is -2.73. The second-order valence-electron chi connectivity index (χ2n) is 9.56. The first-order valence-corrected chi connectivity index (χ1v) is 14.3. The number of fused-ring (bicyclic) bond motifs is 1. The van der Waals surface area contributed by atoms with Gasteiger partial charge in [0.05, 0.1) is 0 Å². The van der Waals surface area contributed by atoms with Crippen LogP contribution in [0.4, 0.5) is 0 Å². The van der Waals surface area contributed by atoms with Crippen molar-refractivity contribution in [2.45, 2.75) is 64.6 Å². The molecule has 1 saturated heterocycles. The van der Waals surface area contributed by atoms with Crippen molar-refractivity contribution in [3.63, 3.8) is 0 Å². The summed E-state index contributed by atoms with van der Waals surface area (Å²) in [5.41, 5.74) is 1.12. The summed E-state index contributed by atoms with van der Waals surface area (Å²) in [7, 11) is -1.36. The number of hydrogen-bond acceptors (Lipinski definition) is 10. The summed E-state index contributed by atoms with van der Waals surface area (Å²) in [6.07, 6.45) is -5.66. The first-order valence-electron chi connectivity index (χ1n) is 12.7. The van der Waals surface area contributed by atoms with Crippen LogP contribution in [-0.4, -0.2) is 59.5 Å². The number of thiophene rings is 1. The number of benzene rings is 2. The average molecular weight is 605 g/mol. The van der Waals surface area contributed by atoms with Gasteiger partial charge in [0.1, 0.15) is 18.8 Å². The van der Waals surface area contributed by atoms with E-state index in [1.54, 1.807) is 18.2 Å². The number of esters is 4. The molecule has 1 aliphatic rings. The molecule has 10 nitrogen and oxygen atoms in total. The van der Waals surface area contributed by atoms with Gasteiger partial charge in [0.25, 0.3) is 0 Å². The van der Waals surface area contributed by atoms with Crippen molar-refractivity contribution in [3.8, 4) is 0 Å². The molecule has 0 radical (unpaired) electrons. The lowest BCUT2D eigenvalue weighted by Crippen LogP contribution is -2.59. The van der Waals surface area contributed by atoms with Crippen LogP contribution in [0.5, 0.6) is 0 Å². The fourth-order valence-corrected chi connectivity index (χ4v) is 6.38. The van der Waals surface area contributed by atoms with Gasteiger partial charge in [-0.15, -0.1) is 0 Å². The predicted molar refractivity (Wildman–Crippen MR) is 148 cm³/mol. The van der Waals surface area contributed by atoms with Gasteiger partial charge in [0.15, 0.2) is 27.9 Å². The first kappa shape index (κ1) is 30.4. The Balaban J connectivity index is 1.76. The number of rotatable bonds is 8. The summed E-state index contributed by atoms with van der Waals surface area (Å²) >= 11 is 6.55. The van der Waals surface area contributed by atoms with E-state index in [1.165, 1.54) is 13.8 Å². The molecule has 1 fully saturated rings. The minimum atomic E-state index is -1.36. The van der Waals surface area contributed by atoms with E-state index in [0.717, 1.165) is 23.9 Å². The molecule has 1 aromatic heterocycles. The number of hydrogen-bond donors (Lipinski definition) is 0. The Bertz CT molecular complexity index is 1470. The fraction of sp³-hybridized carbons (Fsp3) is 0.379. The highest BCUT2D eigenvalue weighted by molar-refractivity contribution is 7.31. The van der Waals surface area contributed by atoms with E-state index < -0.39 is 65.1 Å². The Morgan fingerprint density at radius 1 is 0.854 bits per heavy atom. The Morgan fingerprint density at radius 2 is 1.49 bits per heavy atom. The second-order valence-corrected chi connectivity index (χ2v) is 11.5. The normalized spacial score (nSPS) is 22.6. The number of carbonyl (C=O) groups excluding carboxylic acids is 4. The second kappa shape index (κ2) is 13.0. The lowest BCUT2D eigenvalue weighted by atomic mass is 9.89.